The normalized spacial score (nSPS) is 10.9. The minimum atomic E-state index is 0.243. The zero-order chi connectivity index (χ0) is 18.6. The lowest BCUT2D eigenvalue weighted by Gasteiger charge is -2.19. The highest BCUT2D eigenvalue weighted by Crippen LogP contribution is 2.35. The molecular weight excluding hydrogens is 312 g/mol. The molecule has 0 saturated heterocycles. The third kappa shape index (κ3) is 4.32. The summed E-state index contributed by atoms with van der Waals surface area (Å²) in [6.07, 6.45) is 0. The molecule has 2 aromatic carbocycles. The van der Waals surface area contributed by atoms with Crippen LogP contribution in [0.5, 0.6) is 11.5 Å². The molecule has 0 spiro atoms. The summed E-state index contributed by atoms with van der Waals surface area (Å²) in [6.45, 7) is 8.47. The second-order valence-electron chi connectivity index (χ2n) is 6.70. The summed E-state index contributed by atoms with van der Waals surface area (Å²) in [6, 6.07) is 12.2. The van der Waals surface area contributed by atoms with Crippen molar-refractivity contribution in [2.45, 2.75) is 39.7 Å². The Morgan fingerprint density at radius 3 is 1.96 bits per heavy atom. The lowest BCUT2D eigenvalue weighted by Crippen LogP contribution is -2.14. The molecule has 25 heavy (non-hydrogen) atoms. The van der Waals surface area contributed by atoms with Crippen molar-refractivity contribution in [3.05, 3.63) is 53.1 Å². The van der Waals surface area contributed by atoms with Gasteiger partial charge in [-0.15, -0.1) is 0 Å². The summed E-state index contributed by atoms with van der Waals surface area (Å²) in [5.74, 6) is 1.75. The van der Waals surface area contributed by atoms with E-state index in [-0.39, 0.29) is 6.04 Å². The Hall–Kier alpha value is -2.49. The Bertz CT molecular complexity index is 734. The quantitative estimate of drug-likeness (QED) is 0.692. The summed E-state index contributed by atoms with van der Waals surface area (Å²) in [4.78, 5) is 0. The topological polar surface area (TPSA) is 54.3 Å². The molecule has 0 atom stereocenters. The van der Waals surface area contributed by atoms with Gasteiger partial charge in [0.25, 0.3) is 0 Å². The van der Waals surface area contributed by atoms with E-state index in [2.05, 4.69) is 45.1 Å². The number of anilines is 1. The van der Waals surface area contributed by atoms with Gasteiger partial charge in [-0.05, 0) is 31.4 Å². The Kier molecular flexibility index (Phi) is 6.07. The first kappa shape index (κ1) is 18.8. The number of benzene rings is 2. The van der Waals surface area contributed by atoms with Crippen LogP contribution in [-0.2, 0) is 0 Å². The molecule has 4 nitrogen and oxygen atoms in total. The molecule has 0 unspecified atom stereocenters. The minimum absolute atomic E-state index is 0.243. The highest BCUT2D eigenvalue weighted by Gasteiger charge is 2.16. The van der Waals surface area contributed by atoms with Gasteiger partial charge in [0.2, 0.25) is 0 Å². The Balaban J connectivity index is 2.49. The average Bonchev–Trinajstić information content (AvgIpc) is 2.60. The van der Waals surface area contributed by atoms with Gasteiger partial charge in [0.15, 0.2) is 11.5 Å². The van der Waals surface area contributed by atoms with Crippen molar-refractivity contribution in [3.63, 3.8) is 0 Å². The van der Waals surface area contributed by atoms with Gasteiger partial charge in [0, 0.05) is 28.9 Å². The third-order valence-corrected chi connectivity index (χ3v) is 4.10. The molecule has 0 bridgehead atoms. The van der Waals surface area contributed by atoms with Crippen LogP contribution in [0.25, 0.3) is 0 Å². The van der Waals surface area contributed by atoms with E-state index in [0.717, 1.165) is 16.8 Å². The average molecular weight is 340 g/mol. The largest absolute Gasteiger partial charge is 0.493 e. The lowest BCUT2D eigenvalue weighted by atomic mass is 9.96. The van der Waals surface area contributed by atoms with Crippen LogP contribution in [0.2, 0.25) is 0 Å². The fourth-order valence-electron chi connectivity index (χ4n) is 2.71. The third-order valence-electron chi connectivity index (χ3n) is 4.10. The molecule has 0 aliphatic carbocycles. The van der Waals surface area contributed by atoms with E-state index in [0.29, 0.717) is 23.1 Å². The van der Waals surface area contributed by atoms with Crippen molar-refractivity contribution in [3.8, 4) is 11.5 Å². The van der Waals surface area contributed by atoms with Gasteiger partial charge in [-0.1, -0.05) is 38.1 Å². The smallest absolute Gasteiger partial charge is 0.162 e. The van der Waals surface area contributed by atoms with E-state index in [4.69, 9.17) is 14.9 Å². The van der Waals surface area contributed by atoms with Crippen LogP contribution in [0.1, 0.15) is 50.3 Å². The molecule has 2 aromatic rings. The Morgan fingerprint density at radius 1 is 0.920 bits per heavy atom. The lowest BCUT2D eigenvalue weighted by molar-refractivity contribution is 0.355. The first-order valence-corrected chi connectivity index (χ1v) is 8.59. The number of hydrogen-bond acceptors (Lipinski definition) is 4. The van der Waals surface area contributed by atoms with Gasteiger partial charge in [0.05, 0.1) is 19.9 Å². The van der Waals surface area contributed by atoms with E-state index < -0.39 is 0 Å². The fraction of sp³-hybridized carbons (Fsp3) is 0.381. The Labute approximate surface area is 150 Å². The first-order chi connectivity index (χ1) is 11.9. The molecule has 134 valence electrons. The van der Waals surface area contributed by atoms with Crippen molar-refractivity contribution in [1.29, 1.82) is 5.41 Å². The molecular formula is C21H28N2O2. The number of nitrogens with one attached hydrogen (secondary N) is 2. The molecule has 0 aliphatic heterocycles. The molecule has 0 amide bonds. The molecule has 0 saturated carbocycles. The zero-order valence-electron chi connectivity index (χ0n) is 15.9. The van der Waals surface area contributed by atoms with E-state index in [9.17, 15) is 0 Å². The van der Waals surface area contributed by atoms with E-state index in [1.807, 2.05) is 24.3 Å². The van der Waals surface area contributed by atoms with Gasteiger partial charge in [-0.2, -0.15) is 0 Å². The van der Waals surface area contributed by atoms with Crippen molar-refractivity contribution in [2.24, 2.45) is 0 Å². The van der Waals surface area contributed by atoms with Gasteiger partial charge in [0.1, 0.15) is 0 Å². The van der Waals surface area contributed by atoms with Crippen molar-refractivity contribution >= 4 is 11.4 Å². The second kappa shape index (κ2) is 8.06. The molecule has 0 heterocycles. The second-order valence-corrected chi connectivity index (χ2v) is 6.70. The molecule has 0 radical (unpaired) electrons. The molecule has 4 heteroatoms. The predicted molar refractivity (Wildman–Crippen MR) is 105 cm³/mol. The standard InChI is InChI=1S/C21H28N2O2/c1-13(2)15-7-9-16(10-8-15)21(22)17-11-19(24-5)20(25-6)12-18(17)23-14(3)4/h7-14,22-23H,1-6H3. The van der Waals surface area contributed by atoms with Crippen LogP contribution in [0, 0.1) is 5.41 Å². The fourth-order valence-corrected chi connectivity index (χ4v) is 2.71. The summed E-state index contributed by atoms with van der Waals surface area (Å²) in [5, 5.41) is 12.1. The van der Waals surface area contributed by atoms with E-state index in [1.54, 1.807) is 14.2 Å². The minimum Gasteiger partial charge on any atom is -0.493 e. The van der Waals surface area contributed by atoms with E-state index >= 15 is 0 Å². The maximum atomic E-state index is 8.70. The van der Waals surface area contributed by atoms with Crippen LogP contribution >= 0.6 is 0 Å². The molecule has 0 aliphatic rings. The summed E-state index contributed by atoms with van der Waals surface area (Å²) < 4.78 is 10.8. The first-order valence-electron chi connectivity index (χ1n) is 8.59. The summed E-state index contributed by atoms with van der Waals surface area (Å²) in [5.41, 5.74) is 4.27. The summed E-state index contributed by atoms with van der Waals surface area (Å²) in [7, 11) is 3.23. The SMILES string of the molecule is COc1cc(NC(C)C)c(C(=N)c2ccc(C(C)C)cc2)cc1OC. The number of methoxy groups -OCH3 is 2. The highest BCUT2D eigenvalue weighted by molar-refractivity contribution is 6.14. The summed E-state index contributed by atoms with van der Waals surface area (Å²) >= 11 is 0. The molecule has 0 aromatic heterocycles. The van der Waals surface area contributed by atoms with Crippen molar-refractivity contribution in [2.75, 3.05) is 19.5 Å². The van der Waals surface area contributed by atoms with Crippen LogP contribution in [0.15, 0.2) is 36.4 Å². The van der Waals surface area contributed by atoms with E-state index in [1.165, 1.54) is 5.56 Å². The molecule has 2 rings (SSSR count). The van der Waals surface area contributed by atoms with Gasteiger partial charge in [-0.3, -0.25) is 5.41 Å². The van der Waals surface area contributed by atoms with Gasteiger partial charge < -0.3 is 14.8 Å². The zero-order valence-corrected chi connectivity index (χ0v) is 15.9. The van der Waals surface area contributed by atoms with Crippen molar-refractivity contribution in [1.82, 2.24) is 0 Å². The van der Waals surface area contributed by atoms with Crippen LogP contribution in [-0.4, -0.2) is 26.0 Å². The van der Waals surface area contributed by atoms with Crippen LogP contribution in [0.3, 0.4) is 0 Å². The molecule has 2 N–H and O–H groups in total. The molecule has 0 fully saturated rings. The predicted octanol–water partition coefficient (Wildman–Crippen LogP) is 5.06. The maximum Gasteiger partial charge on any atom is 0.162 e. The van der Waals surface area contributed by atoms with Crippen LogP contribution < -0.4 is 14.8 Å². The highest BCUT2D eigenvalue weighted by atomic mass is 16.5. The number of ether oxygens (including phenoxy) is 2. The van der Waals surface area contributed by atoms with Gasteiger partial charge >= 0.3 is 0 Å². The maximum absolute atomic E-state index is 8.70. The monoisotopic (exact) mass is 340 g/mol. The Morgan fingerprint density at radius 2 is 1.48 bits per heavy atom. The number of rotatable bonds is 7. The van der Waals surface area contributed by atoms with Crippen LogP contribution in [0.4, 0.5) is 5.69 Å². The van der Waals surface area contributed by atoms with Crippen molar-refractivity contribution < 1.29 is 9.47 Å². The van der Waals surface area contributed by atoms with Gasteiger partial charge in [-0.25, -0.2) is 0 Å². The number of hydrogen-bond donors (Lipinski definition) is 2.